The third kappa shape index (κ3) is 3.18. The molecule has 150 valence electrons. The maximum atomic E-state index is 12.2. The Kier molecular flexibility index (Phi) is 4.42. The Bertz CT molecular complexity index is 1380. The molecule has 2 N–H and O–H groups in total. The summed E-state index contributed by atoms with van der Waals surface area (Å²) in [6.07, 6.45) is 1.40. The molecule has 0 bridgehead atoms. The number of furan rings is 1. The number of nitrogens with zero attached hydrogens (tertiary/aromatic N) is 1. The molecule has 1 atom stereocenters. The molecule has 4 aromatic rings. The molecule has 5 rings (SSSR count). The second-order valence-electron chi connectivity index (χ2n) is 7.06. The summed E-state index contributed by atoms with van der Waals surface area (Å²) < 4.78 is 16.2. The van der Waals surface area contributed by atoms with Crippen LogP contribution in [0.3, 0.4) is 0 Å². The predicted molar refractivity (Wildman–Crippen MR) is 113 cm³/mol. The van der Waals surface area contributed by atoms with E-state index in [-0.39, 0.29) is 17.4 Å². The first-order valence-electron chi connectivity index (χ1n) is 9.60. The van der Waals surface area contributed by atoms with Crippen molar-refractivity contribution >= 4 is 16.7 Å². The molecule has 0 amide bonds. The fraction of sp³-hybridized carbons (Fsp3) is 0.0400. The SMILES string of the molecule is N#CC1=C(N)Oc2cc(OC(=O)c3ccco3)ccc2C1c1cccc2ccccc12. The molecule has 0 fully saturated rings. The minimum atomic E-state index is -0.618. The fourth-order valence-corrected chi connectivity index (χ4v) is 3.87. The van der Waals surface area contributed by atoms with Crippen LogP contribution in [0, 0.1) is 11.3 Å². The van der Waals surface area contributed by atoms with E-state index in [4.69, 9.17) is 19.6 Å². The Hall–Kier alpha value is -4.50. The molecular formula is C25H16N2O4. The molecule has 3 aromatic carbocycles. The lowest BCUT2D eigenvalue weighted by molar-refractivity contribution is 0.0701. The monoisotopic (exact) mass is 408 g/mol. The van der Waals surface area contributed by atoms with Crippen LogP contribution in [0.15, 0.2) is 94.9 Å². The minimum absolute atomic E-state index is 0.0300. The standard InChI is InChI=1S/C25H16N2O4/c26-14-20-23(18-8-3-6-15-5-1-2-7-17(15)18)19-11-10-16(13-22(19)31-24(20)27)30-25(28)21-9-4-12-29-21/h1-13,23H,27H2. The zero-order chi connectivity index (χ0) is 21.4. The highest BCUT2D eigenvalue weighted by Gasteiger charge is 2.32. The van der Waals surface area contributed by atoms with Gasteiger partial charge < -0.3 is 19.6 Å². The molecule has 1 unspecified atom stereocenters. The van der Waals surface area contributed by atoms with Crippen LogP contribution in [0.1, 0.15) is 27.6 Å². The van der Waals surface area contributed by atoms with E-state index in [1.165, 1.54) is 12.3 Å². The lowest BCUT2D eigenvalue weighted by atomic mass is 9.81. The average Bonchev–Trinajstić information content (AvgIpc) is 3.33. The van der Waals surface area contributed by atoms with E-state index in [2.05, 4.69) is 6.07 Å². The van der Waals surface area contributed by atoms with Gasteiger partial charge in [-0.3, -0.25) is 0 Å². The second kappa shape index (κ2) is 7.39. The molecule has 1 aromatic heterocycles. The third-order valence-electron chi connectivity index (χ3n) is 5.26. The number of benzene rings is 3. The highest BCUT2D eigenvalue weighted by Crippen LogP contribution is 2.45. The minimum Gasteiger partial charge on any atom is -0.457 e. The van der Waals surface area contributed by atoms with E-state index in [9.17, 15) is 10.1 Å². The molecule has 31 heavy (non-hydrogen) atoms. The largest absolute Gasteiger partial charge is 0.457 e. The van der Waals surface area contributed by atoms with Crippen molar-refractivity contribution in [3.8, 4) is 17.6 Å². The van der Waals surface area contributed by atoms with Crippen LogP contribution in [0.25, 0.3) is 10.8 Å². The van der Waals surface area contributed by atoms with Gasteiger partial charge in [0.25, 0.3) is 0 Å². The van der Waals surface area contributed by atoms with E-state index in [1.54, 1.807) is 24.3 Å². The summed E-state index contributed by atoms with van der Waals surface area (Å²) >= 11 is 0. The van der Waals surface area contributed by atoms with E-state index in [1.807, 2.05) is 42.5 Å². The normalized spacial score (nSPS) is 15.1. The van der Waals surface area contributed by atoms with Crippen LogP contribution >= 0.6 is 0 Å². The van der Waals surface area contributed by atoms with Gasteiger partial charge in [0, 0.05) is 11.6 Å². The van der Waals surface area contributed by atoms with Crippen molar-refractivity contribution in [2.75, 3.05) is 0 Å². The summed E-state index contributed by atoms with van der Waals surface area (Å²) in [7, 11) is 0. The van der Waals surface area contributed by atoms with Crippen molar-refractivity contribution in [1.82, 2.24) is 0 Å². The number of esters is 1. The maximum Gasteiger partial charge on any atom is 0.379 e. The highest BCUT2D eigenvalue weighted by molar-refractivity contribution is 5.89. The van der Waals surface area contributed by atoms with Gasteiger partial charge in [-0.2, -0.15) is 5.26 Å². The van der Waals surface area contributed by atoms with Crippen LogP contribution in [0.2, 0.25) is 0 Å². The van der Waals surface area contributed by atoms with Crippen molar-refractivity contribution in [1.29, 1.82) is 5.26 Å². The van der Waals surface area contributed by atoms with Crippen LogP contribution in [-0.2, 0) is 0 Å². The number of fused-ring (bicyclic) bond motifs is 2. The van der Waals surface area contributed by atoms with E-state index < -0.39 is 11.9 Å². The van der Waals surface area contributed by atoms with Gasteiger partial charge in [0.15, 0.2) is 0 Å². The summed E-state index contributed by atoms with van der Waals surface area (Å²) in [5, 5.41) is 11.9. The van der Waals surface area contributed by atoms with Gasteiger partial charge in [0.2, 0.25) is 11.6 Å². The number of carbonyl (C=O) groups excluding carboxylic acids is 1. The first-order valence-corrected chi connectivity index (χ1v) is 9.60. The van der Waals surface area contributed by atoms with Gasteiger partial charge >= 0.3 is 5.97 Å². The Morgan fingerprint density at radius 2 is 1.84 bits per heavy atom. The van der Waals surface area contributed by atoms with Crippen molar-refractivity contribution in [2.45, 2.75) is 5.92 Å². The number of ether oxygens (including phenoxy) is 2. The number of carbonyl (C=O) groups is 1. The zero-order valence-electron chi connectivity index (χ0n) is 16.2. The molecular weight excluding hydrogens is 392 g/mol. The first kappa shape index (κ1) is 18.5. The lowest BCUT2D eigenvalue weighted by Crippen LogP contribution is -2.21. The van der Waals surface area contributed by atoms with Gasteiger partial charge in [0.1, 0.15) is 23.1 Å². The van der Waals surface area contributed by atoms with E-state index in [0.717, 1.165) is 21.9 Å². The molecule has 2 heterocycles. The summed E-state index contributed by atoms with van der Waals surface area (Å²) in [5.74, 6) is -0.188. The average molecular weight is 408 g/mol. The lowest BCUT2D eigenvalue weighted by Gasteiger charge is -2.27. The van der Waals surface area contributed by atoms with Gasteiger partial charge in [-0.1, -0.05) is 48.5 Å². The molecule has 0 radical (unpaired) electrons. The summed E-state index contributed by atoms with van der Waals surface area (Å²) in [5.41, 5.74) is 8.16. The molecule has 6 nitrogen and oxygen atoms in total. The molecule has 0 aliphatic carbocycles. The van der Waals surface area contributed by atoms with Gasteiger partial charge in [-0.05, 0) is 34.5 Å². The van der Waals surface area contributed by atoms with Gasteiger partial charge in [0.05, 0.1) is 12.2 Å². The number of allylic oxidation sites excluding steroid dienone is 1. The summed E-state index contributed by atoms with van der Waals surface area (Å²) in [4.78, 5) is 12.2. The molecule has 1 aliphatic heterocycles. The Morgan fingerprint density at radius 3 is 2.65 bits per heavy atom. The second-order valence-corrected chi connectivity index (χ2v) is 7.06. The topological polar surface area (TPSA) is 98.5 Å². The maximum absolute atomic E-state index is 12.2. The number of hydrogen-bond donors (Lipinski definition) is 1. The zero-order valence-corrected chi connectivity index (χ0v) is 16.2. The molecule has 0 saturated heterocycles. The fourth-order valence-electron chi connectivity index (χ4n) is 3.87. The molecule has 6 heteroatoms. The van der Waals surface area contributed by atoms with Crippen LogP contribution < -0.4 is 15.2 Å². The number of rotatable bonds is 3. The summed E-state index contributed by atoms with van der Waals surface area (Å²) in [6, 6.07) is 24.3. The van der Waals surface area contributed by atoms with Crippen molar-refractivity contribution in [3.05, 3.63) is 107 Å². The van der Waals surface area contributed by atoms with Crippen LogP contribution in [-0.4, -0.2) is 5.97 Å². The highest BCUT2D eigenvalue weighted by atomic mass is 16.5. The van der Waals surface area contributed by atoms with Crippen LogP contribution in [0.5, 0.6) is 11.5 Å². The van der Waals surface area contributed by atoms with Crippen LogP contribution in [0.4, 0.5) is 0 Å². The molecule has 0 spiro atoms. The summed E-state index contributed by atoms with van der Waals surface area (Å²) in [6.45, 7) is 0. The Morgan fingerprint density at radius 1 is 1.00 bits per heavy atom. The van der Waals surface area contributed by atoms with Crippen molar-refractivity contribution < 1.29 is 18.7 Å². The Balaban J connectivity index is 1.60. The molecule has 1 aliphatic rings. The quantitative estimate of drug-likeness (QED) is 0.384. The number of hydrogen-bond acceptors (Lipinski definition) is 6. The van der Waals surface area contributed by atoms with Crippen molar-refractivity contribution in [2.24, 2.45) is 5.73 Å². The predicted octanol–water partition coefficient (Wildman–Crippen LogP) is 4.87. The van der Waals surface area contributed by atoms with Crippen molar-refractivity contribution in [3.63, 3.8) is 0 Å². The number of nitriles is 1. The van der Waals surface area contributed by atoms with Gasteiger partial charge in [-0.25, -0.2) is 4.79 Å². The van der Waals surface area contributed by atoms with E-state index in [0.29, 0.717) is 11.3 Å². The Labute approximate surface area is 177 Å². The smallest absolute Gasteiger partial charge is 0.379 e. The number of nitrogens with two attached hydrogens (primary N) is 1. The third-order valence-corrected chi connectivity index (χ3v) is 5.26. The first-order chi connectivity index (χ1) is 15.2. The van der Waals surface area contributed by atoms with Gasteiger partial charge in [-0.15, -0.1) is 0 Å². The molecule has 0 saturated carbocycles. The van der Waals surface area contributed by atoms with E-state index >= 15 is 0 Å².